The van der Waals surface area contributed by atoms with Crippen molar-refractivity contribution in [1.29, 1.82) is 0 Å². The predicted molar refractivity (Wildman–Crippen MR) is 45.4 cm³/mol. The number of fused-ring (bicyclic) bond motifs is 1. The number of allylic oxidation sites excluding steroid dienone is 1. The van der Waals surface area contributed by atoms with Crippen molar-refractivity contribution >= 4 is 0 Å². The molecule has 1 nitrogen and oxygen atoms in total. The molecule has 1 aliphatic heterocycles. The zero-order valence-electron chi connectivity index (χ0n) is 7.39. The lowest BCUT2D eigenvalue weighted by atomic mass is 9.80. The Morgan fingerprint density at radius 2 is 2.36 bits per heavy atom. The van der Waals surface area contributed by atoms with Gasteiger partial charge in [0.15, 0.2) is 0 Å². The lowest BCUT2D eigenvalue weighted by molar-refractivity contribution is 0.303. The number of epoxide rings is 1. The highest BCUT2D eigenvalue weighted by Crippen LogP contribution is 2.50. The van der Waals surface area contributed by atoms with Crippen molar-refractivity contribution in [2.75, 3.05) is 0 Å². The predicted octanol–water partition coefficient (Wildman–Crippen LogP) is 2.52. The van der Waals surface area contributed by atoms with Gasteiger partial charge < -0.3 is 4.74 Å². The largest absolute Gasteiger partial charge is 0.366 e. The topological polar surface area (TPSA) is 12.5 Å². The molecule has 1 saturated carbocycles. The van der Waals surface area contributed by atoms with Crippen LogP contribution in [-0.2, 0) is 4.74 Å². The van der Waals surface area contributed by atoms with E-state index in [2.05, 4.69) is 20.4 Å². The van der Waals surface area contributed by atoms with Crippen molar-refractivity contribution in [2.24, 2.45) is 5.92 Å². The van der Waals surface area contributed by atoms with E-state index in [0.717, 1.165) is 5.92 Å². The highest BCUT2D eigenvalue weighted by molar-refractivity contribution is 5.10. The normalized spacial score (nSPS) is 48.2. The maximum absolute atomic E-state index is 5.60. The molecule has 0 amide bonds. The van der Waals surface area contributed by atoms with Gasteiger partial charge in [0.25, 0.3) is 0 Å². The maximum Gasteiger partial charge on any atom is 0.0920 e. The summed E-state index contributed by atoms with van der Waals surface area (Å²) in [6, 6.07) is 0. The van der Waals surface area contributed by atoms with E-state index in [1.807, 2.05) is 0 Å². The van der Waals surface area contributed by atoms with Crippen LogP contribution >= 0.6 is 0 Å². The molecule has 0 N–H and O–H groups in total. The van der Waals surface area contributed by atoms with Gasteiger partial charge in [0.1, 0.15) is 0 Å². The lowest BCUT2D eigenvalue weighted by Crippen LogP contribution is -2.21. The summed E-state index contributed by atoms with van der Waals surface area (Å²) in [4.78, 5) is 0. The van der Waals surface area contributed by atoms with Gasteiger partial charge in [-0.2, -0.15) is 0 Å². The fourth-order valence-electron chi connectivity index (χ4n) is 2.09. The summed E-state index contributed by atoms with van der Waals surface area (Å²) < 4.78 is 5.60. The average Bonchev–Trinajstić information content (AvgIpc) is 2.58. The Kier molecular flexibility index (Phi) is 1.40. The maximum atomic E-state index is 5.60. The van der Waals surface area contributed by atoms with Crippen LogP contribution in [0.5, 0.6) is 0 Å². The Bertz CT molecular complexity index is 197. The molecular weight excluding hydrogens is 136 g/mol. The molecule has 1 heteroatoms. The van der Waals surface area contributed by atoms with E-state index < -0.39 is 0 Å². The van der Waals surface area contributed by atoms with E-state index >= 15 is 0 Å². The van der Waals surface area contributed by atoms with Gasteiger partial charge in [-0.1, -0.05) is 12.2 Å². The third kappa shape index (κ3) is 1.12. The highest BCUT2D eigenvalue weighted by Gasteiger charge is 2.55. The molecule has 3 atom stereocenters. The molecule has 1 aliphatic carbocycles. The minimum absolute atomic E-state index is 0.270. The van der Waals surface area contributed by atoms with E-state index in [0.29, 0.717) is 6.10 Å². The molecule has 1 heterocycles. The summed E-state index contributed by atoms with van der Waals surface area (Å²) in [6.45, 7) is 8.36. The summed E-state index contributed by atoms with van der Waals surface area (Å²) in [5.74, 6) is 0.732. The zero-order valence-corrected chi connectivity index (χ0v) is 7.39. The first-order valence-corrected chi connectivity index (χ1v) is 4.45. The van der Waals surface area contributed by atoms with Crippen molar-refractivity contribution < 1.29 is 4.74 Å². The fourth-order valence-corrected chi connectivity index (χ4v) is 2.09. The van der Waals surface area contributed by atoms with Crippen molar-refractivity contribution in [1.82, 2.24) is 0 Å². The molecular formula is C10H16O. The number of rotatable bonds is 1. The number of hydrogen-bond donors (Lipinski definition) is 0. The standard InChI is InChI=1S/C10H16O/c1-7(2)8-4-5-10(3)9(6-8)11-10/h8-9H,1,4-6H2,2-3H3/t8-,9+,10+/m1/s1. The van der Waals surface area contributed by atoms with Crippen molar-refractivity contribution in [3.05, 3.63) is 12.2 Å². The Balaban J connectivity index is 1.98. The molecule has 0 aromatic heterocycles. The Morgan fingerprint density at radius 3 is 2.91 bits per heavy atom. The summed E-state index contributed by atoms with van der Waals surface area (Å²) in [7, 11) is 0. The van der Waals surface area contributed by atoms with Crippen LogP contribution in [0.1, 0.15) is 33.1 Å². The lowest BCUT2D eigenvalue weighted by Gasteiger charge is -2.22. The van der Waals surface area contributed by atoms with Crippen LogP contribution in [0.25, 0.3) is 0 Å². The van der Waals surface area contributed by atoms with Gasteiger partial charge in [-0.05, 0) is 39.0 Å². The molecule has 2 rings (SSSR count). The average molecular weight is 152 g/mol. The van der Waals surface area contributed by atoms with E-state index in [9.17, 15) is 0 Å². The number of hydrogen-bond acceptors (Lipinski definition) is 1. The third-order valence-electron chi connectivity index (χ3n) is 3.22. The molecule has 0 aromatic carbocycles. The summed E-state index contributed by atoms with van der Waals surface area (Å²) in [5.41, 5.74) is 1.61. The molecule has 0 spiro atoms. The second kappa shape index (κ2) is 2.10. The minimum Gasteiger partial charge on any atom is -0.366 e. The van der Waals surface area contributed by atoms with Crippen LogP contribution in [0, 0.1) is 5.92 Å². The van der Waals surface area contributed by atoms with E-state index in [1.165, 1.54) is 24.8 Å². The SMILES string of the molecule is C=C(C)[C@@H]1CC[C@]2(C)O[C@H]2C1. The van der Waals surface area contributed by atoms with Gasteiger partial charge in [0.2, 0.25) is 0 Å². The second-order valence-electron chi connectivity index (χ2n) is 4.24. The molecule has 1 saturated heterocycles. The van der Waals surface area contributed by atoms with Crippen LogP contribution in [0.4, 0.5) is 0 Å². The summed E-state index contributed by atoms with van der Waals surface area (Å²) in [5, 5.41) is 0. The quantitative estimate of drug-likeness (QED) is 0.415. The van der Waals surface area contributed by atoms with Gasteiger partial charge in [0, 0.05) is 0 Å². The molecule has 2 aliphatic rings. The number of ether oxygens (including phenoxy) is 1. The Hall–Kier alpha value is -0.300. The van der Waals surface area contributed by atoms with Gasteiger partial charge in [0.05, 0.1) is 11.7 Å². The van der Waals surface area contributed by atoms with Crippen molar-refractivity contribution in [3.63, 3.8) is 0 Å². The Labute approximate surface area is 68.4 Å². The van der Waals surface area contributed by atoms with Crippen LogP contribution < -0.4 is 0 Å². The fraction of sp³-hybridized carbons (Fsp3) is 0.800. The van der Waals surface area contributed by atoms with Crippen LogP contribution in [0.3, 0.4) is 0 Å². The van der Waals surface area contributed by atoms with Gasteiger partial charge >= 0.3 is 0 Å². The van der Waals surface area contributed by atoms with Crippen molar-refractivity contribution in [2.45, 2.75) is 44.8 Å². The Morgan fingerprint density at radius 1 is 1.64 bits per heavy atom. The minimum atomic E-state index is 0.270. The molecule has 0 radical (unpaired) electrons. The first kappa shape index (κ1) is 7.35. The first-order chi connectivity index (χ1) is 5.12. The van der Waals surface area contributed by atoms with Crippen LogP contribution in [-0.4, -0.2) is 11.7 Å². The van der Waals surface area contributed by atoms with Crippen molar-refractivity contribution in [3.8, 4) is 0 Å². The molecule has 0 aromatic rings. The van der Waals surface area contributed by atoms with E-state index in [-0.39, 0.29) is 5.60 Å². The van der Waals surface area contributed by atoms with Gasteiger partial charge in [-0.25, -0.2) is 0 Å². The zero-order chi connectivity index (χ0) is 8.06. The summed E-state index contributed by atoms with van der Waals surface area (Å²) in [6.07, 6.45) is 4.28. The third-order valence-corrected chi connectivity index (χ3v) is 3.22. The van der Waals surface area contributed by atoms with E-state index in [1.54, 1.807) is 0 Å². The van der Waals surface area contributed by atoms with Gasteiger partial charge in [-0.15, -0.1) is 0 Å². The molecule has 0 unspecified atom stereocenters. The highest BCUT2D eigenvalue weighted by atomic mass is 16.6. The van der Waals surface area contributed by atoms with E-state index in [4.69, 9.17) is 4.74 Å². The first-order valence-electron chi connectivity index (χ1n) is 4.45. The monoisotopic (exact) mass is 152 g/mol. The smallest absolute Gasteiger partial charge is 0.0920 e. The van der Waals surface area contributed by atoms with Gasteiger partial charge in [-0.3, -0.25) is 0 Å². The van der Waals surface area contributed by atoms with Crippen LogP contribution in [0.2, 0.25) is 0 Å². The molecule has 0 bridgehead atoms. The molecule has 11 heavy (non-hydrogen) atoms. The van der Waals surface area contributed by atoms with Crippen LogP contribution in [0.15, 0.2) is 12.2 Å². The molecule has 2 fully saturated rings. The second-order valence-corrected chi connectivity index (χ2v) is 4.24. The summed E-state index contributed by atoms with van der Waals surface area (Å²) >= 11 is 0. The molecule has 62 valence electrons.